The molecule has 0 unspecified atom stereocenters. The molecule has 1 heterocycles. The Morgan fingerprint density at radius 1 is 1.09 bits per heavy atom. The molecule has 1 saturated carbocycles. The molecule has 2 aliphatic carbocycles. The zero-order chi connectivity index (χ0) is 22.3. The van der Waals surface area contributed by atoms with Crippen molar-refractivity contribution in [3.8, 4) is 22.7 Å². The van der Waals surface area contributed by atoms with Crippen LogP contribution in [0.1, 0.15) is 39.2 Å². The molecule has 2 aliphatic rings. The highest BCUT2D eigenvalue weighted by molar-refractivity contribution is 5.88. The van der Waals surface area contributed by atoms with Gasteiger partial charge in [-0.2, -0.15) is 10.2 Å². The molecule has 2 aromatic carbocycles. The van der Waals surface area contributed by atoms with Crippen LogP contribution in [-0.4, -0.2) is 23.1 Å². The first kappa shape index (κ1) is 20.6. The van der Waals surface area contributed by atoms with Crippen LogP contribution in [0.3, 0.4) is 0 Å². The number of aromatic nitrogens is 2. The van der Waals surface area contributed by atoms with Crippen LogP contribution >= 0.6 is 0 Å². The second-order valence-corrected chi connectivity index (χ2v) is 9.59. The number of nitrogens with zero attached hydrogens (tertiary/aromatic N) is 3. The summed E-state index contributed by atoms with van der Waals surface area (Å²) < 4.78 is 7.22. The van der Waals surface area contributed by atoms with Gasteiger partial charge >= 0.3 is 0 Å². The largest absolute Gasteiger partial charge is 0.497 e. The summed E-state index contributed by atoms with van der Waals surface area (Å²) in [5.41, 5.74) is 8.93. The summed E-state index contributed by atoms with van der Waals surface area (Å²) in [4.78, 5) is 0. The quantitative estimate of drug-likeness (QED) is 0.400. The molecule has 1 N–H and O–H groups in total. The minimum atomic E-state index is 0.155. The Morgan fingerprint density at radius 2 is 1.84 bits per heavy atom. The van der Waals surface area contributed by atoms with Crippen molar-refractivity contribution >= 4 is 6.21 Å². The van der Waals surface area contributed by atoms with Crippen LogP contribution in [0.5, 0.6) is 5.75 Å². The van der Waals surface area contributed by atoms with E-state index in [0.29, 0.717) is 5.92 Å². The molecule has 0 spiro atoms. The average molecular weight is 427 g/mol. The van der Waals surface area contributed by atoms with Gasteiger partial charge < -0.3 is 4.74 Å². The Morgan fingerprint density at radius 3 is 2.47 bits per heavy atom. The van der Waals surface area contributed by atoms with E-state index < -0.39 is 0 Å². The molecule has 32 heavy (non-hydrogen) atoms. The predicted octanol–water partition coefficient (Wildman–Crippen LogP) is 5.81. The minimum absolute atomic E-state index is 0.155. The van der Waals surface area contributed by atoms with E-state index in [2.05, 4.69) is 37.4 Å². The molecule has 0 amide bonds. The number of allylic oxidation sites excluding steroid dienone is 2. The lowest BCUT2D eigenvalue weighted by atomic mass is 9.69. The number of para-hydroxylation sites is 1. The Bertz CT molecular complexity index is 1170. The molecule has 0 radical (unpaired) electrons. The van der Waals surface area contributed by atoms with Crippen molar-refractivity contribution in [3.63, 3.8) is 0 Å². The molecular formula is C27H30N4O. The summed E-state index contributed by atoms with van der Waals surface area (Å²) in [5, 5.41) is 9.53. The molecule has 0 aliphatic heterocycles. The minimum Gasteiger partial charge on any atom is -0.497 e. The first-order valence-electron chi connectivity index (χ1n) is 11.2. The summed E-state index contributed by atoms with van der Waals surface area (Å²) in [6.07, 6.45) is 8.78. The van der Waals surface area contributed by atoms with Crippen LogP contribution in [0, 0.1) is 16.7 Å². The monoisotopic (exact) mass is 426 g/mol. The zero-order valence-corrected chi connectivity index (χ0v) is 19.2. The van der Waals surface area contributed by atoms with Gasteiger partial charge in [-0.05, 0) is 60.6 Å². The van der Waals surface area contributed by atoms with E-state index in [1.165, 1.54) is 18.5 Å². The number of hydrogen-bond acceptors (Lipinski definition) is 4. The maximum absolute atomic E-state index is 5.31. The third-order valence-corrected chi connectivity index (χ3v) is 7.78. The molecular weight excluding hydrogens is 396 g/mol. The average Bonchev–Trinajstić information content (AvgIpc) is 3.39. The molecule has 0 saturated heterocycles. The number of methoxy groups -OCH3 is 1. The van der Waals surface area contributed by atoms with Crippen molar-refractivity contribution in [1.29, 1.82) is 0 Å². The van der Waals surface area contributed by atoms with Gasteiger partial charge in [0.15, 0.2) is 0 Å². The smallest absolute Gasteiger partial charge is 0.118 e. The van der Waals surface area contributed by atoms with E-state index in [1.807, 2.05) is 71.7 Å². The number of benzene rings is 2. The van der Waals surface area contributed by atoms with Crippen LogP contribution in [0.25, 0.3) is 16.9 Å². The molecule has 5 nitrogen and oxygen atoms in total. The van der Waals surface area contributed by atoms with Crippen LogP contribution in [0.15, 0.2) is 77.7 Å². The van der Waals surface area contributed by atoms with E-state index in [0.717, 1.165) is 28.3 Å². The van der Waals surface area contributed by atoms with Crippen molar-refractivity contribution in [1.82, 2.24) is 15.2 Å². The summed E-state index contributed by atoms with van der Waals surface area (Å²) in [6.45, 7) is 7.13. The number of ether oxygens (including phenoxy) is 1. The van der Waals surface area contributed by atoms with E-state index in [1.54, 1.807) is 7.11 Å². The Kier molecular flexibility index (Phi) is 4.92. The van der Waals surface area contributed by atoms with Gasteiger partial charge in [-0.25, -0.2) is 4.68 Å². The first-order valence-corrected chi connectivity index (χ1v) is 11.2. The SMILES string of the molecule is COc1ccc(-c2nn(-c3ccccc3)cc2/C=N\NC2=C[C@@H]3CC[C@]2(C)C3(C)C)cc1. The molecule has 1 fully saturated rings. The van der Waals surface area contributed by atoms with Crippen LogP contribution in [-0.2, 0) is 0 Å². The molecule has 164 valence electrons. The van der Waals surface area contributed by atoms with Crippen LogP contribution in [0.2, 0.25) is 0 Å². The van der Waals surface area contributed by atoms with Crippen molar-refractivity contribution in [3.05, 3.63) is 78.1 Å². The van der Waals surface area contributed by atoms with E-state index in [9.17, 15) is 0 Å². The van der Waals surface area contributed by atoms with Crippen molar-refractivity contribution in [2.45, 2.75) is 33.6 Å². The van der Waals surface area contributed by atoms with Crippen LogP contribution < -0.4 is 10.2 Å². The normalized spacial score (nSPS) is 23.5. The lowest BCUT2D eigenvalue weighted by Gasteiger charge is -2.36. The molecule has 5 heteroatoms. The van der Waals surface area contributed by atoms with Gasteiger partial charge in [-0.15, -0.1) is 0 Å². The summed E-state index contributed by atoms with van der Waals surface area (Å²) in [7, 11) is 1.68. The van der Waals surface area contributed by atoms with Gasteiger partial charge in [-0.1, -0.05) is 45.0 Å². The maximum atomic E-state index is 5.31. The highest BCUT2D eigenvalue weighted by Crippen LogP contribution is 2.64. The molecule has 2 atom stereocenters. The van der Waals surface area contributed by atoms with Gasteiger partial charge in [0.1, 0.15) is 11.4 Å². The summed E-state index contributed by atoms with van der Waals surface area (Å²) in [5.74, 6) is 1.45. The molecule has 5 rings (SSSR count). The van der Waals surface area contributed by atoms with Gasteiger partial charge in [0, 0.05) is 28.4 Å². The fraction of sp³-hybridized carbons (Fsp3) is 0.333. The number of nitrogens with one attached hydrogen (secondary N) is 1. The highest BCUT2D eigenvalue weighted by Gasteiger charge is 2.57. The number of rotatable bonds is 6. The first-order chi connectivity index (χ1) is 15.4. The molecule has 3 aromatic rings. The second-order valence-electron chi connectivity index (χ2n) is 9.59. The second kappa shape index (κ2) is 7.66. The van der Waals surface area contributed by atoms with Crippen molar-refractivity contribution in [2.75, 3.05) is 7.11 Å². The number of fused-ring (bicyclic) bond motifs is 2. The van der Waals surface area contributed by atoms with Gasteiger partial charge in [0.05, 0.1) is 19.0 Å². The summed E-state index contributed by atoms with van der Waals surface area (Å²) >= 11 is 0. The lowest BCUT2D eigenvalue weighted by Crippen LogP contribution is -2.33. The number of hydrazone groups is 1. The highest BCUT2D eigenvalue weighted by atomic mass is 16.5. The predicted molar refractivity (Wildman–Crippen MR) is 129 cm³/mol. The fourth-order valence-electron chi connectivity index (χ4n) is 5.19. The maximum Gasteiger partial charge on any atom is 0.118 e. The third-order valence-electron chi connectivity index (χ3n) is 7.78. The van der Waals surface area contributed by atoms with Gasteiger partial charge in [0.25, 0.3) is 0 Å². The zero-order valence-electron chi connectivity index (χ0n) is 19.2. The number of hydrogen-bond donors (Lipinski definition) is 1. The topological polar surface area (TPSA) is 51.4 Å². The van der Waals surface area contributed by atoms with Gasteiger partial charge in [0.2, 0.25) is 0 Å². The Labute approximate surface area is 189 Å². The standard InChI is InChI=1S/C27H30N4O/c1-26(2)21-14-15-27(26,3)24(16-21)29-28-17-20-18-31(22-8-6-5-7-9-22)30-25(20)19-10-12-23(32-4)13-11-19/h5-13,16-18,21,29H,14-15H2,1-4H3/b28-17-/t21-,27-/m0/s1. The van der Waals surface area contributed by atoms with Crippen molar-refractivity contribution < 1.29 is 4.74 Å². The molecule has 2 bridgehead atoms. The summed E-state index contributed by atoms with van der Waals surface area (Å²) in [6, 6.07) is 18.1. The molecule has 1 aromatic heterocycles. The van der Waals surface area contributed by atoms with Crippen LogP contribution in [0.4, 0.5) is 0 Å². The van der Waals surface area contributed by atoms with E-state index >= 15 is 0 Å². The van der Waals surface area contributed by atoms with E-state index in [4.69, 9.17) is 9.84 Å². The van der Waals surface area contributed by atoms with Gasteiger partial charge in [-0.3, -0.25) is 5.43 Å². The third kappa shape index (κ3) is 3.24. The lowest BCUT2D eigenvalue weighted by molar-refractivity contribution is 0.164. The van der Waals surface area contributed by atoms with Crippen molar-refractivity contribution in [2.24, 2.45) is 21.8 Å². The fourth-order valence-corrected chi connectivity index (χ4v) is 5.19. The Hall–Kier alpha value is -3.34. The van der Waals surface area contributed by atoms with E-state index in [-0.39, 0.29) is 10.8 Å². The Balaban J connectivity index is 1.46.